The summed E-state index contributed by atoms with van der Waals surface area (Å²) in [7, 11) is 2.12. The molecular weight excluding hydrogens is 944 g/mol. The minimum atomic E-state index is -0.733. The number of rotatable bonds is 21. The zero-order valence-corrected chi connectivity index (χ0v) is 41.1. The molecule has 9 rings (SSSR count). The fourth-order valence-corrected chi connectivity index (χ4v) is 9.49. The molecular formula is C52H61ClN10O9. The molecule has 5 amide bonds. The number of benzene rings is 3. The summed E-state index contributed by atoms with van der Waals surface area (Å²) in [5.41, 5.74) is 4.18. The van der Waals surface area contributed by atoms with Crippen LogP contribution >= 0.6 is 12.4 Å². The molecule has 20 heteroatoms. The summed E-state index contributed by atoms with van der Waals surface area (Å²) >= 11 is 0. The number of carbonyl (C=O) groups is 5. The van der Waals surface area contributed by atoms with Crippen molar-refractivity contribution in [3.63, 3.8) is 0 Å². The summed E-state index contributed by atoms with van der Waals surface area (Å²) in [6, 6.07) is 21.2. The second-order valence-corrected chi connectivity index (χ2v) is 18.4. The molecule has 2 fully saturated rings. The van der Waals surface area contributed by atoms with Gasteiger partial charge in [0.2, 0.25) is 17.7 Å². The number of ether oxygens (including phenoxy) is 4. The molecule has 6 heterocycles. The van der Waals surface area contributed by atoms with E-state index in [4.69, 9.17) is 23.9 Å². The van der Waals surface area contributed by atoms with Crippen molar-refractivity contribution in [2.75, 3.05) is 70.4 Å². The zero-order valence-electron chi connectivity index (χ0n) is 40.3. The van der Waals surface area contributed by atoms with Crippen LogP contribution in [0, 0.1) is 0 Å². The normalized spacial score (nSPS) is 18.2. The van der Waals surface area contributed by atoms with Crippen LogP contribution in [0.3, 0.4) is 0 Å². The lowest BCUT2D eigenvalue weighted by Gasteiger charge is -2.40. The number of aromatic nitrogens is 4. The molecule has 19 nitrogen and oxygen atoms in total. The highest BCUT2D eigenvalue weighted by Crippen LogP contribution is 2.38. The number of amides is 5. The fourth-order valence-electron chi connectivity index (χ4n) is 9.49. The average Bonchev–Trinajstić information content (AvgIpc) is 4.02. The van der Waals surface area contributed by atoms with Gasteiger partial charge >= 0.3 is 0 Å². The number of aromatic amines is 1. The molecule has 0 spiro atoms. The molecule has 5 N–H and O–H groups in total. The van der Waals surface area contributed by atoms with E-state index in [2.05, 4.69) is 48.4 Å². The first-order valence-electron chi connectivity index (χ1n) is 24.4. The summed E-state index contributed by atoms with van der Waals surface area (Å²) in [5, 5.41) is 19.9. The third-order valence-corrected chi connectivity index (χ3v) is 13.4. The van der Waals surface area contributed by atoms with Gasteiger partial charge in [0.05, 0.1) is 24.8 Å². The highest BCUT2D eigenvalue weighted by atomic mass is 35.5. The number of pyridine rings is 1. The predicted molar refractivity (Wildman–Crippen MR) is 269 cm³/mol. The van der Waals surface area contributed by atoms with E-state index in [0.29, 0.717) is 79.8 Å². The van der Waals surface area contributed by atoms with Crippen molar-refractivity contribution < 1.29 is 42.9 Å². The second-order valence-electron chi connectivity index (χ2n) is 18.4. The van der Waals surface area contributed by atoms with E-state index >= 15 is 0 Å². The number of fused-ring (bicyclic) bond motifs is 2. The van der Waals surface area contributed by atoms with Gasteiger partial charge in [0, 0.05) is 104 Å². The number of likely N-dealkylation sites (tertiary alicyclic amines) is 1. The van der Waals surface area contributed by atoms with Gasteiger partial charge in [0.1, 0.15) is 24.1 Å². The topological polar surface area (TPSA) is 231 Å². The number of nitrogens with zero attached hydrogens (tertiary/aromatic N) is 5. The molecule has 72 heavy (non-hydrogen) atoms. The summed E-state index contributed by atoms with van der Waals surface area (Å²) in [4.78, 5) is 76.5. The number of hydrogen-bond donors (Lipinski definition) is 5. The standard InChI is InChI=1S/C52H60N10O9.ClH/c1-61-23-19-52(20-24-61,51-57-47(59-60-51)34-16-21-53-22-17-34)58-36-9-5-8-35(30-36)48(65)55-42-18-29-71-44-14-12-37(31-39(42)44)70-28-4-2-3-25-68-26-7-27-69-33-46(64)54-41-11-6-10-38-40(41)32-62(50(38)67)43-13-15-45(63)56-49(43)66;/h5-6,8-12,14,16-17,21-22,30-31,42-43,58H,2-4,7,13,15,18-20,23-29,32-33H2,1H3,(H,54,64)(H,55,65)(H,56,63,66)(H,57,59,60);1H/t42-,43?;/m1./s1. The monoisotopic (exact) mass is 1000 g/mol. The Kier molecular flexibility index (Phi) is 17.1. The van der Waals surface area contributed by atoms with Crippen LogP contribution in [0.15, 0.2) is 85.2 Å². The van der Waals surface area contributed by atoms with Gasteiger partial charge in [0.25, 0.3) is 11.8 Å². The number of unbranched alkanes of at least 4 members (excludes halogenated alkanes) is 2. The number of hydrogen-bond acceptors (Lipinski definition) is 14. The Hall–Kier alpha value is -6.93. The molecule has 0 aliphatic carbocycles. The predicted octanol–water partition coefficient (Wildman–Crippen LogP) is 5.95. The van der Waals surface area contributed by atoms with Gasteiger partial charge < -0.3 is 44.7 Å². The first kappa shape index (κ1) is 51.4. The summed E-state index contributed by atoms with van der Waals surface area (Å²) in [5.74, 6) is 1.15. The van der Waals surface area contributed by atoms with Gasteiger partial charge in [-0.25, -0.2) is 4.98 Å². The fraction of sp³-hybridized carbons (Fsp3) is 0.423. The lowest BCUT2D eigenvalue weighted by atomic mass is 9.86. The minimum Gasteiger partial charge on any atom is -0.494 e. The SMILES string of the molecule is CN1CCC(Nc2cccc(C(=O)N[C@@H]3CCOc4ccc(OCCCCCOCCCOCC(=O)Nc5cccc6c5CN(C5CCC(=O)NC5=O)C6=O)cc43)c2)(c2nc(-c3ccncc3)n[nH]2)CC1.Cl. The highest BCUT2D eigenvalue weighted by molar-refractivity contribution is 6.07. The quantitative estimate of drug-likeness (QED) is 0.0423. The molecule has 1 unspecified atom stereocenters. The number of imide groups is 1. The van der Waals surface area contributed by atoms with Gasteiger partial charge in [-0.2, -0.15) is 5.10 Å². The van der Waals surface area contributed by atoms with Crippen LogP contribution in [-0.2, 0) is 35.9 Å². The van der Waals surface area contributed by atoms with Crippen LogP contribution in [0.4, 0.5) is 11.4 Å². The van der Waals surface area contributed by atoms with Gasteiger partial charge in [-0.3, -0.25) is 39.4 Å². The molecule has 2 saturated heterocycles. The molecule has 0 bridgehead atoms. The maximum absolute atomic E-state index is 13.9. The molecule has 2 atom stereocenters. The lowest BCUT2D eigenvalue weighted by molar-refractivity contribution is -0.137. The second kappa shape index (κ2) is 24.0. The molecule has 0 saturated carbocycles. The lowest BCUT2D eigenvalue weighted by Crippen LogP contribution is -2.52. The van der Waals surface area contributed by atoms with E-state index in [-0.39, 0.29) is 68.1 Å². The Labute approximate surface area is 423 Å². The van der Waals surface area contributed by atoms with Crippen LogP contribution in [0.2, 0.25) is 0 Å². The van der Waals surface area contributed by atoms with Crippen LogP contribution in [-0.4, -0.2) is 125 Å². The van der Waals surface area contributed by atoms with Crippen LogP contribution in [0.5, 0.6) is 11.5 Å². The molecule has 3 aromatic carbocycles. The number of halogens is 1. The Bertz CT molecular complexity index is 2710. The van der Waals surface area contributed by atoms with Crippen molar-refractivity contribution in [3.05, 3.63) is 113 Å². The van der Waals surface area contributed by atoms with E-state index in [0.717, 1.165) is 73.6 Å². The third kappa shape index (κ3) is 12.4. The van der Waals surface area contributed by atoms with Crippen molar-refractivity contribution in [1.82, 2.24) is 40.6 Å². The van der Waals surface area contributed by atoms with E-state index < -0.39 is 17.5 Å². The number of H-pyrrole nitrogens is 1. The van der Waals surface area contributed by atoms with Gasteiger partial charge in [-0.15, -0.1) is 12.4 Å². The Morgan fingerprint density at radius 3 is 2.51 bits per heavy atom. The van der Waals surface area contributed by atoms with E-state index in [1.807, 2.05) is 54.6 Å². The molecule has 2 aromatic heterocycles. The number of piperidine rings is 2. The maximum atomic E-state index is 13.9. The summed E-state index contributed by atoms with van der Waals surface area (Å²) in [6.07, 6.45) is 9.36. The van der Waals surface area contributed by atoms with Crippen molar-refractivity contribution in [2.45, 2.75) is 82.0 Å². The third-order valence-electron chi connectivity index (χ3n) is 13.4. The maximum Gasteiger partial charge on any atom is 0.255 e. The average molecular weight is 1010 g/mol. The zero-order chi connectivity index (χ0) is 49.2. The molecule has 4 aliphatic rings. The summed E-state index contributed by atoms with van der Waals surface area (Å²) in [6.45, 7) is 4.21. The minimum absolute atomic E-state index is 0. The first-order chi connectivity index (χ1) is 34.6. The van der Waals surface area contributed by atoms with Gasteiger partial charge in [-0.1, -0.05) is 12.1 Å². The van der Waals surface area contributed by atoms with Crippen molar-refractivity contribution >= 4 is 53.3 Å². The van der Waals surface area contributed by atoms with Gasteiger partial charge in [0.15, 0.2) is 11.6 Å². The largest absolute Gasteiger partial charge is 0.494 e. The molecule has 0 radical (unpaired) electrons. The van der Waals surface area contributed by atoms with Crippen LogP contribution < -0.4 is 30.7 Å². The number of anilines is 2. The van der Waals surface area contributed by atoms with E-state index in [9.17, 15) is 24.0 Å². The summed E-state index contributed by atoms with van der Waals surface area (Å²) < 4.78 is 23.5. The highest BCUT2D eigenvalue weighted by Gasteiger charge is 2.41. The molecule has 5 aromatic rings. The molecule has 4 aliphatic heterocycles. The van der Waals surface area contributed by atoms with Crippen molar-refractivity contribution in [1.29, 1.82) is 0 Å². The van der Waals surface area contributed by atoms with Gasteiger partial charge in [-0.05, 0) is 113 Å². The van der Waals surface area contributed by atoms with Crippen LogP contribution in [0.25, 0.3) is 11.4 Å². The Morgan fingerprint density at radius 2 is 1.68 bits per heavy atom. The smallest absolute Gasteiger partial charge is 0.255 e. The van der Waals surface area contributed by atoms with Crippen molar-refractivity contribution in [3.8, 4) is 22.9 Å². The van der Waals surface area contributed by atoms with E-state index in [1.54, 1.807) is 30.6 Å². The number of nitrogens with one attached hydrogen (secondary N) is 5. The van der Waals surface area contributed by atoms with Crippen LogP contribution in [0.1, 0.15) is 101 Å². The Balaban J connectivity index is 0.00000693. The van der Waals surface area contributed by atoms with Crippen molar-refractivity contribution in [2.24, 2.45) is 0 Å². The van der Waals surface area contributed by atoms with E-state index in [1.165, 1.54) is 4.90 Å². The Morgan fingerprint density at radius 1 is 0.889 bits per heavy atom. The molecule has 380 valence electrons. The first-order valence-corrected chi connectivity index (χ1v) is 24.4. The number of carbonyl (C=O) groups excluding carboxylic acids is 5.